The van der Waals surface area contributed by atoms with E-state index in [-0.39, 0.29) is 0 Å². The molecule has 3 rings (SSSR count). The molecule has 2 aromatic heterocycles. The number of aromatic nitrogens is 3. The lowest BCUT2D eigenvalue weighted by Crippen LogP contribution is -2.25. The van der Waals surface area contributed by atoms with E-state index in [9.17, 15) is 0 Å². The van der Waals surface area contributed by atoms with Crippen molar-refractivity contribution >= 4 is 28.5 Å². The summed E-state index contributed by atoms with van der Waals surface area (Å²) in [6.07, 6.45) is 1.91. The first-order valence-corrected chi connectivity index (χ1v) is 9.39. The van der Waals surface area contributed by atoms with Crippen molar-refractivity contribution in [2.75, 3.05) is 55.1 Å². The summed E-state index contributed by atoms with van der Waals surface area (Å²) < 4.78 is 1.94. The van der Waals surface area contributed by atoms with E-state index in [0.29, 0.717) is 0 Å². The van der Waals surface area contributed by atoms with Crippen molar-refractivity contribution < 1.29 is 0 Å². The zero-order chi connectivity index (χ0) is 19.6. The van der Waals surface area contributed by atoms with Crippen molar-refractivity contribution in [1.29, 1.82) is 0 Å². The van der Waals surface area contributed by atoms with Crippen LogP contribution >= 0.6 is 0 Å². The SMILES string of the molecule is CCN(CC)c1cc(C)nc2c(-c3c(NC)cc(NC)cc3NC)cnn12. The minimum Gasteiger partial charge on any atom is -0.388 e. The van der Waals surface area contributed by atoms with E-state index in [1.165, 1.54) is 0 Å². The lowest BCUT2D eigenvalue weighted by molar-refractivity contribution is 0.796. The summed E-state index contributed by atoms with van der Waals surface area (Å²) in [7, 11) is 5.79. The molecule has 0 fully saturated rings. The summed E-state index contributed by atoms with van der Waals surface area (Å²) in [5.74, 6) is 1.07. The normalized spacial score (nSPS) is 10.9. The molecule has 0 saturated heterocycles. The standard InChI is InChI=1S/C20H29N7/c1-7-26(8-2)18-9-13(3)25-20-15(12-24-27(18)20)19-16(22-5)10-14(21-4)11-17(19)23-6/h9-12,21-23H,7-8H2,1-6H3. The first-order valence-electron chi connectivity index (χ1n) is 9.39. The molecule has 1 aromatic carbocycles. The molecule has 3 aromatic rings. The molecule has 144 valence electrons. The van der Waals surface area contributed by atoms with Gasteiger partial charge in [0.05, 0.1) is 11.8 Å². The van der Waals surface area contributed by atoms with E-state index >= 15 is 0 Å². The van der Waals surface area contributed by atoms with Gasteiger partial charge in [-0.3, -0.25) is 0 Å². The number of fused-ring (bicyclic) bond motifs is 1. The van der Waals surface area contributed by atoms with Crippen molar-refractivity contribution in [2.45, 2.75) is 20.8 Å². The molecule has 27 heavy (non-hydrogen) atoms. The van der Waals surface area contributed by atoms with Gasteiger partial charge in [-0.1, -0.05) is 0 Å². The fourth-order valence-electron chi connectivity index (χ4n) is 3.48. The van der Waals surface area contributed by atoms with E-state index < -0.39 is 0 Å². The summed E-state index contributed by atoms with van der Waals surface area (Å²) in [4.78, 5) is 7.11. The molecule has 0 bridgehead atoms. The highest BCUT2D eigenvalue weighted by Gasteiger charge is 2.19. The van der Waals surface area contributed by atoms with Crippen LogP contribution in [0.4, 0.5) is 22.9 Å². The first-order chi connectivity index (χ1) is 13.1. The Morgan fingerprint density at radius 3 is 2.11 bits per heavy atom. The molecule has 0 spiro atoms. The molecule has 0 atom stereocenters. The van der Waals surface area contributed by atoms with E-state index in [1.54, 1.807) is 0 Å². The number of rotatable bonds is 7. The van der Waals surface area contributed by atoms with Crippen LogP contribution in [0, 0.1) is 6.92 Å². The van der Waals surface area contributed by atoms with Gasteiger partial charge in [-0.25, -0.2) is 4.98 Å². The molecule has 0 amide bonds. The quantitative estimate of drug-likeness (QED) is 0.592. The van der Waals surface area contributed by atoms with Crippen LogP contribution in [-0.2, 0) is 0 Å². The number of hydrogen-bond acceptors (Lipinski definition) is 6. The van der Waals surface area contributed by atoms with Crippen LogP contribution in [-0.4, -0.2) is 48.8 Å². The van der Waals surface area contributed by atoms with Crippen molar-refractivity contribution in [3.05, 3.63) is 30.1 Å². The van der Waals surface area contributed by atoms with Gasteiger partial charge in [-0.15, -0.1) is 0 Å². The van der Waals surface area contributed by atoms with E-state index in [1.807, 2.05) is 38.8 Å². The topological polar surface area (TPSA) is 69.5 Å². The maximum atomic E-state index is 4.82. The second-order valence-electron chi connectivity index (χ2n) is 6.42. The molecule has 0 aliphatic carbocycles. The van der Waals surface area contributed by atoms with Crippen molar-refractivity contribution in [2.24, 2.45) is 0 Å². The Hall–Kier alpha value is -2.96. The summed E-state index contributed by atoms with van der Waals surface area (Å²) in [6.45, 7) is 8.19. The monoisotopic (exact) mass is 367 g/mol. The predicted octanol–water partition coefficient (Wildman–Crippen LogP) is 3.68. The Kier molecular flexibility index (Phi) is 5.39. The molecule has 3 N–H and O–H groups in total. The Morgan fingerprint density at radius 2 is 1.59 bits per heavy atom. The minimum atomic E-state index is 0.863. The Balaban J connectivity index is 2.31. The van der Waals surface area contributed by atoms with Gasteiger partial charge in [0.25, 0.3) is 0 Å². The summed E-state index contributed by atoms with van der Waals surface area (Å²) in [5, 5.41) is 14.5. The number of nitrogens with one attached hydrogen (secondary N) is 3. The second-order valence-corrected chi connectivity index (χ2v) is 6.42. The highest BCUT2D eigenvalue weighted by Crippen LogP contribution is 2.40. The van der Waals surface area contributed by atoms with Crippen LogP contribution in [0.1, 0.15) is 19.5 Å². The summed E-state index contributed by atoms with van der Waals surface area (Å²) >= 11 is 0. The van der Waals surface area contributed by atoms with Crippen LogP contribution in [0.5, 0.6) is 0 Å². The zero-order valence-electron chi connectivity index (χ0n) is 17.0. The largest absolute Gasteiger partial charge is 0.388 e. The molecule has 0 radical (unpaired) electrons. The smallest absolute Gasteiger partial charge is 0.165 e. The Labute approximate surface area is 160 Å². The van der Waals surface area contributed by atoms with Crippen molar-refractivity contribution in [1.82, 2.24) is 14.6 Å². The third-order valence-corrected chi connectivity index (χ3v) is 4.90. The third kappa shape index (κ3) is 3.25. The van der Waals surface area contributed by atoms with Gasteiger partial charge < -0.3 is 20.9 Å². The van der Waals surface area contributed by atoms with Crippen LogP contribution < -0.4 is 20.9 Å². The fourth-order valence-corrected chi connectivity index (χ4v) is 3.48. The van der Waals surface area contributed by atoms with Gasteiger partial charge in [-0.2, -0.15) is 9.61 Å². The highest BCUT2D eigenvalue weighted by molar-refractivity contribution is 5.96. The number of anilines is 4. The minimum absolute atomic E-state index is 0.863. The van der Waals surface area contributed by atoms with E-state index in [2.05, 4.69) is 58.0 Å². The average Bonchev–Trinajstić information content (AvgIpc) is 3.10. The number of hydrogen-bond donors (Lipinski definition) is 3. The Bertz CT molecular complexity index is 916. The first kappa shape index (κ1) is 18.8. The molecule has 2 heterocycles. The van der Waals surface area contributed by atoms with Crippen LogP contribution in [0.3, 0.4) is 0 Å². The van der Waals surface area contributed by atoms with Crippen LogP contribution in [0.2, 0.25) is 0 Å². The summed E-state index contributed by atoms with van der Waals surface area (Å²) in [5.41, 5.74) is 7.00. The molecule has 7 nitrogen and oxygen atoms in total. The van der Waals surface area contributed by atoms with E-state index in [0.717, 1.165) is 58.4 Å². The molecule has 0 unspecified atom stereocenters. The Morgan fingerprint density at radius 1 is 0.963 bits per heavy atom. The fraction of sp³-hybridized carbons (Fsp3) is 0.400. The van der Waals surface area contributed by atoms with Gasteiger partial charge in [0.1, 0.15) is 5.82 Å². The van der Waals surface area contributed by atoms with Gasteiger partial charge >= 0.3 is 0 Å². The lowest BCUT2D eigenvalue weighted by atomic mass is 10.0. The van der Waals surface area contributed by atoms with Crippen LogP contribution in [0.25, 0.3) is 16.8 Å². The molecular formula is C20H29N7. The van der Waals surface area contributed by atoms with Gasteiger partial charge in [-0.05, 0) is 32.9 Å². The third-order valence-electron chi connectivity index (χ3n) is 4.90. The average molecular weight is 368 g/mol. The molecule has 7 heteroatoms. The van der Waals surface area contributed by atoms with E-state index in [4.69, 9.17) is 4.98 Å². The zero-order valence-corrected chi connectivity index (χ0v) is 17.0. The summed E-state index contributed by atoms with van der Waals surface area (Å²) in [6, 6.07) is 6.29. The van der Waals surface area contributed by atoms with Gasteiger partial charge in [0.15, 0.2) is 5.65 Å². The van der Waals surface area contributed by atoms with Gasteiger partial charge in [0.2, 0.25) is 0 Å². The maximum absolute atomic E-state index is 4.82. The lowest BCUT2D eigenvalue weighted by Gasteiger charge is -2.22. The number of benzene rings is 1. The number of nitrogens with zero attached hydrogens (tertiary/aromatic N) is 4. The number of aryl methyl sites for hydroxylation is 1. The van der Waals surface area contributed by atoms with Gasteiger partial charge in [0, 0.05) is 68.6 Å². The van der Waals surface area contributed by atoms with Crippen LogP contribution in [0.15, 0.2) is 24.4 Å². The molecular weight excluding hydrogens is 338 g/mol. The molecule has 0 saturated carbocycles. The highest BCUT2D eigenvalue weighted by atomic mass is 15.3. The molecule has 0 aliphatic rings. The predicted molar refractivity (Wildman–Crippen MR) is 115 cm³/mol. The molecule has 0 aliphatic heterocycles. The van der Waals surface area contributed by atoms with Crippen molar-refractivity contribution in [3.8, 4) is 11.1 Å². The maximum Gasteiger partial charge on any atom is 0.165 e. The second kappa shape index (κ2) is 7.73. The van der Waals surface area contributed by atoms with Crippen molar-refractivity contribution in [3.63, 3.8) is 0 Å².